The molecule has 0 N–H and O–H groups in total. The zero-order valence-electron chi connectivity index (χ0n) is 15.1. The van der Waals surface area contributed by atoms with E-state index in [4.69, 9.17) is 4.74 Å². The molecule has 3 atom stereocenters. The lowest BCUT2D eigenvalue weighted by atomic mass is 9.75. The van der Waals surface area contributed by atoms with E-state index in [0.29, 0.717) is 23.6 Å². The molecule has 1 aromatic carbocycles. The Labute approximate surface area is 148 Å². The van der Waals surface area contributed by atoms with Gasteiger partial charge in [0.2, 0.25) is 5.82 Å². The highest BCUT2D eigenvalue weighted by atomic mass is 16.5. The Hall–Kier alpha value is -2.24. The predicted molar refractivity (Wildman–Crippen MR) is 94.5 cm³/mol. The first-order valence-corrected chi connectivity index (χ1v) is 9.05. The average molecular weight is 342 g/mol. The van der Waals surface area contributed by atoms with Crippen molar-refractivity contribution in [3.63, 3.8) is 0 Å². The Morgan fingerprint density at radius 2 is 2.04 bits per heavy atom. The maximum absolute atomic E-state index is 12.4. The summed E-state index contributed by atoms with van der Waals surface area (Å²) < 4.78 is 5.79. The van der Waals surface area contributed by atoms with Crippen LogP contribution < -0.4 is 0 Å². The molecule has 0 aliphatic heterocycles. The molecule has 6 nitrogen and oxygen atoms in total. The van der Waals surface area contributed by atoms with Gasteiger partial charge in [0.05, 0.1) is 0 Å². The Morgan fingerprint density at radius 3 is 2.76 bits per heavy atom. The van der Waals surface area contributed by atoms with Gasteiger partial charge in [0.25, 0.3) is 0 Å². The minimum atomic E-state index is -0.290. The van der Waals surface area contributed by atoms with Gasteiger partial charge in [0.15, 0.2) is 6.54 Å². The molecule has 0 amide bonds. The Morgan fingerprint density at radius 1 is 1.28 bits per heavy atom. The highest BCUT2D eigenvalue weighted by Gasteiger charge is 2.33. The van der Waals surface area contributed by atoms with Gasteiger partial charge in [-0.05, 0) is 35.8 Å². The number of aromatic nitrogens is 4. The maximum Gasteiger partial charge on any atom is 0.330 e. The second kappa shape index (κ2) is 7.76. The first-order chi connectivity index (χ1) is 12.0. The van der Waals surface area contributed by atoms with Crippen LogP contribution in [-0.2, 0) is 16.1 Å². The molecule has 0 bridgehead atoms. The molecule has 1 aliphatic rings. The van der Waals surface area contributed by atoms with Crippen molar-refractivity contribution in [2.45, 2.75) is 52.7 Å². The van der Waals surface area contributed by atoms with E-state index in [-0.39, 0.29) is 18.6 Å². The minimum Gasteiger partial charge on any atom is -0.461 e. The second-order valence-corrected chi connectivity index (χ2v) is 7.36. The molecule has 3 rings (SSSR count). The summed E-state index contributed by atoms with van der Waals surface area (Å²) in [7, 11) is 0. The van der Waals surface area contributed by atoms with Crippen molar-refractivity contribution in [3.05, 3.63) is 30.3 Å². The van der Waals surface area contributed by atoms with E-state index >= 15 is 0 Å². The molecule has 1 saturated carbocycles. The monoisotopic (exact) mass is 342 g/mol. The van der Waals surface area contributed by atoms with Crippen LogP contribution in [0.3, 0.4) is 0 Å². The smallest absolute Gasteiger partial charge is 0.330 e. The van der Waals surface area contributed by atoms with Gasteiger partial charge in [-0.3, -0.25) is 0 Å². The van der Waals surface area contributed by atoms with Crippen LogP contribution in [0.4, 0.5) is 0 Å². The summed E-state index contributed by atoms with van der Waals surface area (Å²) in [5, 5.41) is 12.3. The van der Waals surface area contributed by atoms with Gasteiger partial charge in [-0.15, -0.1) is 10.2 Å². The number of nitrogens with zero attached hydrogens (tertiary/aromatic N) is 4. The molecule has 25 heavy (non-hydrogen) atoms. The lowest BCUT2D eigenvalue weighted by Crippen LogP contribution is -2.36. The van der Waals surface area contributed by atoms with Crippen molar-refractivity contribution in [1.82, 2.24) is 20.2 Å². The molecular formula is C19H26N4O2. The van der Waals surface area contributed by atoms with Gasteiger partial charge < -0.3 is 4.74 Å². The Bertz CT molecular complexity index is 698. The summed E-state index contributed by atoms with van der Waals surface area (Å²) in [5.74, 6) is 1.77. The molecule has 2 aromatic rings. The number of hydrogen-bond donors (Lipinski definition) is 0. The van der Waals surface area contributed by atoms with Crippen LogP contribution in [-0.4, -0.2) is 32.3 Å². The minimum absolute atomic E-state index is 0.00443. The molecule has 1 aliphatic carbocycles. The van der Waals surface area contributed by atoms with Crippen LogP contribution in [0.5, 0.6) is 0 Å². The molecule has 0 unspecified atom stereocenters. The molecule has 134 valence electrons. The average Bonchev–Trinajstić information content (AvgIpc) is 3.03. The van der Waals surface area contributed by atoms with Gasteiger partial charge in [-0.2, -0.15) is 4.80 Å². The number of hydrogen-bond acceptors (Lipinski definition) is 5. The molecule has 1 fully saturated rings. The summed E-state index contributed by atoms with van der Waals surface area (Å²) in [6.07, 6.45) is 3.26. The van der Waals surface area contributed by atoms with Crippen LogP contribution in [0.2, 0.25) is 0 Å². The first kappa shape index (κ1) is 17.6. The van der Waals surface area contributed by atoms with E-state index in [2.05, 4.69) is 36.2 Å². The first-order valence-electron chi connectivity index (χ1n) is 9.05. The predicted octanol–water partition coefficient (Wildman–Crippen LogP) is 3.34. The summed E-state index contributed by atoms with van der Waals surface area (Å²) in [6, 6.07) is 9.59. The third-order valence-corrected chi connectivity index (χ3v) is 5.00. The number of rotatable bonds is 5. The van der Waals surface area contributed by atoms with Crippen molar-refractivity contribution < 1.29 is 9.53 Å². The van der Waals surface area contributed by atoms with E-state index in [1.807, 2.05) is 30.3 Å². The fourth-order valence-corrected chi connectivity index (χ4v) is 3.58. The number of benzene rings is 1. The van der Waals surface area contributed by atoms with Crippen molar-refractivity contribution in [2.75, 3.05) is 0 Å². The molecule has 1 aromatic heterocycles. The van der Waals surface area contributed by atoms with E-state index in [9.17, 15) is 4.79 Å². The van der Waals surface area contributed by atoms with Crippen LogP contribution in [0.15, 0.2) is 30.3 Å². The van der Waals surface area contributed by atoms with E-state index in [1.165, 1.54) is 11.2 Å². The number of tetrazole rings is 1. The molecular weight excluding hydrogens is 316 g/mol. The van der Waals surface area contributed by atoms with Crippen molar-refractivity contribution in [1.29, 1.82) is 0 Å². The molecule has 1 heterocycles. The van der Waals surface area contributed by atoms with Crippen LogP contribution in [0, 0.1) is 17.8 Å². The Balaban J connectivity index is 1.61. The van der Waals surface area contributed by atoms with Gasteiger partial charge in [0, 0.05) is 5.56 Å². The van der Waals surface area contributed by atoms with Crippen molar-refractivity contribution in [3.8, 4) is 11.4 Å². The van der Waals surface area contributed by atoms with E-state index in [0.717, 1.165) is 18.4 Å². The third-order valence-electron chi connectivity index (χ3n) is 5.00. The van der Waals surface area contributed by atoms with Gasteiger partial charge >= 0.3 is 5.97 Å². The van der Waals surface area contributed by atoms with Crippen molar-refractivity contribution >= 4 is 5.97 Å². The maximum atomic E-state index is 12.4. The number of carbonyl (C=O) groups excluding carboxylic acids is 1. The lowest BCUT2D eigenvalue weighted by Gasteiger charge is -2.36. The molecule has 0 spiro atoms. The fourth-order valence-electron chi connectivity index (χ4n) is 3.58. The third kappa shape index (κ3) is 4.44. The lowest BCUT2D eigenvalue weighted by molar-refractivity contribution is -0.157. The largest absolute Gasteiger partial charge is 0.461 e. The topological polar surface area (TPSA) is 69.9 Å². The highest BCUT2D eigenvalue weighted by Crippen LogP contribution is 2.35. The highest BCUT2D eigenvalue weighted by molar-refractivity contribution is 5.69. The van der Waals surface area contributed by atoms with E-state index < -0.39 is 0 Å². The van der Waals surface area contributed by atoms with Crippen LogP contribution in [0.25, 0.3) is 11.4 Å². The fraction of sp³-hybridized carbons (Fsp3) is 0.579. The molecule has 6 heteroatoms. The van der Waals surface area contributed by atoms with Crippen LogP contribution in [0.1, 0.15) is 40.0 Å². The zero-order chi connectivity index (χ0) is 17.8. The summed E-state index contributed by atoms with van der Waals surface area (Å²) in [4.78, 5) is 13.7. The second-order valence-electron chi connectivity index (χ2n) is 7.36. The normalized spacial score (nSPS) is 23.6. The quantitative estimate of drug-likeness (QED) is 0.779. The summed E-state index contributed by atoms with van der Waals surface area (Å²) >= 11 is 0. The number of carbonyl (C=O) groups is 1. The van der Waals surface area contributed by atoms with Crippen molar-refractivity contribution in [2.24, 2.45) is 17.8 Å². The van der Waals surface area contributed by atoms with Crippen LogP contribution >= 0.6 is 0 Å². The standard InChI is InChI=1S/C19H26N4O2/c1-13(2)16-10-9-14(3)11-17(16)25-18(24)12-23-21-19(20-22-23)15-7-5-4-6-8-15/h4-8,13-14,16-17H,9-12H2,1-3H3/t14-,16-,17+/m1/s1. The summed E-state index contributed by atoms with van der Waals surface area (Å²) in [5.41, 5.74) is 0.878. The van der Waals surface area contributed by atoms with Gasteiger partial charge in [-0.25, -0.2) is 4.79 Å². The zero-order valence-corrected chi connectivity index (χ0v) is 15.1. The molecule has 0 radical (unpaired) electrons. The molecule has 0 saturated heterocycles. The number of esters is 1. The SMILES string of the molecule is CC(C)[C@H]1CC[C@@H](C)C[C@@H]1OC(=O)Cn1nnc(-c2ccccc2)n1. The van der Waals surface area contributed by atoms with Gasteiger partial charge in [0.1, 0.15) is 6.10 Å². The van der Waals surface area contributed by atoms with Gasteiger partial charge in [-0.1, -0.05) is 57.5 Å². The summed E-state index contributed by atoms with van der Waals surface area (Å²) in [6.45, 7) is 6.62. The number of ether oxygens (including phenoxy) is 1. The van der Waals surface area contributed by atoms with E-state index in [1.54, 1.807) is 0 Å². The Kier molecular flexibility index (Phi) is 5.46.